The fraction of sp³-hybridized carbons (Fsp3) is 0.560. The number of aliphatic hydroxyl groups is 1. The van der Waals surface area contributed by atoms with E-state index in [9.17, 15) is 34.2 Å². The molecule has 0 bridgehead atoms. The molecule has 10 heteroatoms. The molecule has 0 spiro atoms. The SMILES string of the molecule is CC(C)[C@@H]1C(=O)C(C(N)=O)C(=O)[C@@]2(O)C(=O)C3C(=O)c4c(O)c(CN)cc(N(C)C)c4C[C@H]3C[C@@H]12. The van der Waals surface area contributed by atoms with E-state index in [1.165, 1.54) is 0 Å². The van der Waals surface area contributed by atoms with Gasteiger partial charge in [-0.3, -0.25) is 24.0 Å². The number of fused-ring (bicyclic) bond motifs is 3. The minimum atomic E-state index is -2.69. The predicted molar refractivity (Wildman–Crippen MR) is 124 cm³/mol. The Morgan fingerprint density at radius 1 is 1.20 bits per heavy atom. The number of amides is 1. The zero-order chi connectivity index (χ0) is 26.1. The highest BCUT2D eigenvalue weighted by molar-refractivity contribution is 6.32. The van der Waals surface area contributed by atoms with E-state index in [-0.39, 0.29) is 30.7 Å². The number of aromatic hydroxyl groups is 1. The Balaban J connectivity index is 1.91. The molecule has 188 valence electrons. The van der Waals surface area contributed by atoms with Crippen LogP contribution in [0.1, 0.15) is 41.8 Å². The van der Waals surface area contributed by atoms with Gasteiger partial charge in [0.1, 0.15) is 5.75 Å². The molecule has 2 fully saturated rings. The molecule has 3 aliphatic rings. The Morgan fingerprint density at radius 2 is 1.83 bits per heavy atom. The first-order chi connectivity index (χ1) is 16.3. The number of nitrogens with two attached hydrogens (primary N) is 2. The molecule has 1 aromatic carbocycles. The zero-order valence-electron chi connectivity index (χ0n) is 20.2. The van der Waals surface area contributed by atoms with Crippen molar-refractivity contribution in [2.75, 3.05) is 19.0 Å². The quantitative estimate of drug-likeness (QED) is 0.417. The number of anilines is 1. The molecule has 6 N–H and O–H groups in total. The summed E-state index contributed by atoms with van der Waals surface area (Å²) in [5.74, 6) is -11.6. The fourth-order valence-corrected chi connectivity index (χ4v) is 6.51. The van der Waals surface area contributed by atoms with Crippen molar-refractivity contribution >= 4 is 34.7 Å². The average molecular weight is 486 g/mol. The lowest BCUT2D eigenvalue weighted by molar-refractivity contribution is -0.182. The van der Waals surface area contributed by atoms with Crippen LogP contribution in [0.3, 0.4) is 0 Å². The number of hydrogen-bond donors (Lipinski definition) is 4. The first-order valence-corrected chi connectivity index (χ1v) is 11.7. The Bertz CT molecular complexity index is 1170. The van der Waals surface area contributed by atoms with Crippen LogP contribution in [-0.2, 0) is 32.1 Å². The molecule has 0 radical (unpaired) electrons. The van der Waals surface area contributed by atoms with Crippen molar-refractivity contribution in [1.29, 1.82) is 0 Å². The summed E-state index contributed by atoms with van der Waals surface area (Å²) >= 11 is 0. The second-order valence-corrected chi connectivity index (χ2v) is 10.5. The Hall–Kier alpha value is -3.11. The van der Waals surface area contributed by atoms with Gasteiger partial charge in [-0.1, -0.05) is 13.8 Å². The highest BCUT2D eigenvalue weighted by Crippen LogP contribution is 2.54. The van der Waals surface area contributed by atoms with Gasteiger partial charge in [-0.25, -0.2) is 0 Å². The van der Waals surface area contributed by atoms with Gasteiger partial charge in [0.2, 0.25) is 5.91 Å². The summed E-state index contributed by atoms with van der Waals surface area (Å²) in [6, 6.07) is 1.70. The number of carbonyl (C=O) groups excluding carboxylic acids is 5. The van der Waals surface area contributed by atoms with E-state index < -0.39 is 70.1 Å². The van der Waals surface area contributed by atoms with Crippen molar-refractivity contribution in [2.45, 2.75) is 38.8 Å². The number of ketones is 4. The van der Waals surface area contributed by atoms with E-state index in [1.54, 1.807) is 38.9 Å². The van der Waals surface area contributed by atoms with Gasteiger partial charge < -0.3 is 26.6 Å². The summed E-state index contributed by atoms with van der Waals surface area (Å²) < 4.78 is 0. The predicted octanol–water partition coefficient (Wildman–Crippen LogP) is -0.266. The van der Waals surface area contributed by atoms with Gasteiger partial charge in [0.15, 0.2) is 34.7 Å². The molecule has 4 rings (SSSR count). The molecular formula is C25H31N3O7. The number of nitrogens with zero attached hydrogens (tertiary/aromatic N) is 1. The van der Waals surface area contributed by atoms with Gasteiger partial charge in [0, 0.05) is 43.7 Å². The zero-order valence-corrected chi connectivity index (χ0v) is 20.2. The van der Waals surface area contributed by atoms with Crippen LogP contribution < -0.4 is 16.4 Å². The first-order valence-electron chi connectivity index (χ1n) is 11.7. The van der Waals surface area contributed by atoms with Crippen LogP contribution >= 0.6 is 0 Å². The molecule has 10 nitrogen and oxygen atoms in total. The van der Waals surface area contributed by atoms with E-state index in [2.05, 4.69) is 0 Å². The minimum Gasteiger partial charge on any atom is -0.507 e. The number of primary amides is 1. The van der Waals surface area contributed by atoms with E-state index in [1.807, 2.05) is 0 Å². The number of carbonyl (C=O) groups is 5. The molecule has 0 aromatic heterocycles. The molecule has 0 aliphatic heterocycles. The topological polar surface area (TPSA) is 181 Å². The van der Waals surface area contributed by atoms with Crippen molar-refractivity contribution < 1.29 is 34.2 Å². The lowest BCUT2D eigenvalue weighted by Crippen LogP contribution is -2.71. The molecule has 2 unspecified atom stereocenters. The maximum atomic E-state index is 13.8. The molecule has 3 aliphatic carbocycles. The van der Waals surface area contributed by atoms with E-state index in [4.69, 9.17) is 11.5 Å². The van der Waals surface area contributed by atoms with Crippen LogP contribution in [0.2, 0.25) is 0 Å². The van der Waals surface area contributed by atoms with Gasteiger partial charge in [-0.05, 0) is 36.3 Å². The summed E-state index contributed by atoms with van der Waals surface area (Å²) in [6.07, 6.45) is 0.276. The second-order valence-electron chi connectivity index (χ2n) is 10.5. The highest BCUT2D eigenvalue weighted by atomic mass is 16.3. The Kier molecular flexibility index (Phi) is 5.88. The third-order valence-corrected chi connectivity index (χ3v) is 8.07. The van der Waals surface area contributed by atoms with Crippen LogP contribution in [0, 0.1) is 35.5 Å². The normalized spacial score (nSPS) is 32.3. The van der Waals surface area contributed by atoms with E-state index in [0.717, 1.165) is 0 Å². The Morgan fingerprint density at radius 3 is 2.34 bits per heavy atom. The maximum Gasteiger partial charge on any atom is 0.235 e. The van der Waals surface area contributed by atoms with Gasteiger partial charge in [-0.2, -0.15) is 0 Å². The maximum absolute atomic E-state index is 13.8. The Labute approximate surface area is 202 Å². The van der Waals surface area contributed by atoms with Crippen molar-refractivity contribution in [3.63, 3.8) is 0 Å². The highest BCUT2D eigenvalue weighted by Gasteiger charge is 2.69. The first kappa shape index (κ1) is 25.0. The van der Waals surface area contributed by atoms with Crippen LogP contribution in [0.5, 0.6) is 5.75 Å². The molecule has 2 saturated carbocycles. The summed E-state index contributed by atoms with van der Waals surface area (Å²) in [7, 11) is 3.57. The van der Waals surface area contributed by atoms with Crippen LogP contribution in [0.25, 0.3) is 0 Å². The summed E-state index contributed by atoms with van der Waals surface area (Å²) in [5.41, 5.74) is 9.92. The number of rotatable bonds is 4. The number of phenolic OH excluding ortho intramolecular Hbond substituents is 1. The van der Waals surface area contributed by atoms with Crippen LogP contribution in [-0.4, -0.2) is 58.9 Å². The van der Waals surface area contributed by atoms with E-state index in [0.29, 0.717) is 16.8 Å². The largest absolute Gasteiger partial charge is 0.507 e. The van der Waals surface area contributed by atoms with Gasteiger partial charge in [0.25, 0.3) is 0 Å². The minimum absolute atomic E-state index is 0.0421. The molecule has 1 amide bonds. The summed E-state index contributed by atoms with van der Waals surface area (Å²) in [5, 5.41) is 22.4. The lowest BCUT2D eigenvalue weighted by Gasteiger charge is -2.52. The lowest BCUT2D eigenvalue weighted by atomic mass is 9.49. The van der Waals surface area contributed by atoms with Crippen molar-refractivity contribution in [3.05, 3.63) is 22.8 Å². The third-order valence-electron chi connectivity index (χ3n) is 8.07. The summed E-state index contributed by atoms with van der Waals surface area (Å²) in [6.45, 7) is 3.38. The number of Topliss-reactive ketones (excluding diaryl/α,β-unsaturated/α-hetero) is 4. The fourth-order valence-electron chi connectivity index (χ4n) is 6.51. The van der Waals surface area contributed by atoms with E-state index >= 15 is 0 Å². The average Bonchev–Trinajstić information content (AvgIpc) is 2.75. The number of hydrogen-bond acceptors (Lipinski definition) is 9. The molecular weight excluding hydrogens is 454 g/mol. The second kappa shape index (κ2) is 8.23. The molecule has 0 heterocycles. The number of benzene rings is 1. The molecule has 1 aromatic rings. The number of phenols is 1. The molecule has 6 atom stereocenters. The van der Waals surface area contributed by atoms with Crippen LogP contribution in [0.4, 0.5) is 5.69 Å². The monoisotopic (exact) mass is 485 g/mol. The van der Waals surface area contributed by atoms with Crippen LogP contribution in [0.15, 0.2) is 6.07 Å². The smallest absolute Gasteiger partial charge is 0.235 e. The van der Waals surface area contributed by atoms with Crippen molar-refractivity contribution in [3.8, 4) is 5.75 Å². The van der Waals surface area contributed by atoms with Crippen molar-refractivity contribution in [1.82, 2.24) is 0 Å². The third kappa shape index (κ3) is 3.26. The molecule has 0 saturated heterocycles. The molecule has 35 heavy (non-hydrogen) atoms. The van der Waals surface area contributed by atoms with Gasteiger partial charge >= 0.3 is 0 Å². The van der Waals surface area contributed by atoms with Crippen molar-refractivity contribution in [2.24, 2.45) is 47.0 Å². The van der Waals surface area contributed by atoms with Gasteiger partial charge in [0.05, 0.1) is 11.5 Å². The standard InChI is InChI=1S/C25H31N3O7/c1-9(2)15-13-6-10-5-12-14(28(3)4)7-11(8-26)19(29)17(12)21(31)16(10)22(32)25(13,35)23(33)18(20(15)30)24(27)34/h7,9-10,13,15-16,18,29,35H,5-6,8,26H2,1-4H3,(H2,27,34)/t10-,13-,15-,16?,18?,25-/m0/s1. The summed E-state index contributed by atoms with van der Waals surface area (Å²) in [4.78, 5) is 67.8. The van der Waals surface area contributed by atoms with Gasteiger partial charge in [-0.15, -0.1) is 0 Å².